The highest BCUT2D eigenvalue weighted by Crippen LogP contribution is 2.55. The summed E-state index contributed by atoms with van der Waals surface area (Å²) in [5, 5.41) is 0. The normalized spacial score (nSPS) is 22.3. The van der Waals surface area contributed by atoms with Crippen molar-refractivity contribution in [2.75, 3.05) is 6.61 Å². The Balaban J connectivity index is 2.26. The maximum Gasteiger partial charge on any atom is 0.392 e. The molecular weight excluding hydrogens is 319 g/mol. The van der Waals surface area contributed by atoms with Crippen LogP contribution >= 0.6 is 0 Å². The minimum atomic E-state index is -4.57. The largest absolute Gasteiger partial charge is 0.466 e. The van der Waals surface area contributed by atoms with Gasteiger partial charge in [-0.2, -0.15) is 13.2 Å². The molecule has 0 N–H and O–H groups in total. The summed E-state index contributed by atoms with van der Waals surface area (Å²) < 4.78 is 69.8. The highest BCUT2D eigenvalue weighted by Gasteiger charge is 2.57. The number of hydrogen-bond donors (Lipinski definition) is 0. The first-order valence-corrected chi connectivity index (χ1v) is 7.29. The fourth-order valence-electron chi connectivity index (χ4n) is 2.56. The van der Waals surface area contributed by atoms with Gasteiger partial charge in [-0.05, 0) is 18.1 Å². The summed E-state index contributed by atoms with van der Waals surface area (Å²) in [6.07, 6.45) is -4.83. The summed E-state index contributed by atoms with van der Waals surface area (Å²) in [5.74, 6) is -8.06. The third-order valence-corrected chi connectivity index (χ3v) is 4.08. The van der Waals surface area contributed by atoms with Gasteiger partial charge in [0.1, 0.15) is 0 Å². The number of esters is 1. The highest BCUT2D eigenvalue weighted by molar-refractivity contribution is 5.78. The Morgan fingerprint density at radius 1 is 1.30 bits per heavy atom. The second kappa shape index (κ2) is 6.09. The molecule has 2 rings (SSSR count). The van der Waals surface area contributed by atoms with E-state index in [0.29, 0.717) is 5.56 Å². The van der Waals surface area contributed by atoms with E-state index in [-0.39, 0.29) is 18.6 Å². The first-order chi connectivity index (χ1) is 10.6. The van der Waals surface area contributed by atoms with E-state index >= 15 is 0 Å². The van der Waals surface area contributed by atoms with E-state index < -0.39 is 35.8 Å². The summed E-state index contributed by atoms with van der Waals surface area (Å²) in [5.41, 5.74) is 0.474. The van der Waals surface area contributed by atoms with Crippen LogP contribution in [0.5, 0.6) is 0 Å². The Kier molecular flexibility index (Phi) is 4.69. The molecule has 0 saturated heterocycles. The number of rotatable bonds is 5. The molecule has 0 aliphatic heterocycles. The van der Waals surface area contributed by atoms with Crippen molar-refractivity contribution in [2.45, 2.75) is 44.2 Å². The van der Waals surface area contributed by atoms with Gasteiger partial charge in [-0.3, -0.25) is 4.79 Å². The molecule has 128 valence electrons. The van der Waals surface area contributed by atoms with Crippen LogP contribution in [0.15, 0.2) is 24.3 Å². The van der Waals surface area contributed by atoms with Gasteiger partial charge >= 0.3 is 12.1 Å². The minimum Gasteiger partial charge on any atom is -0.466 e. The first kappa shape index (κ1) is 17.7. The third-order valence-electron chi connectivity index (χ3n) is 4.08. The quantitative estimate of drug-likeness (QED) is 0.578. The minimum absolute atomic E-state index is 0.0354. The molecule has 1 aromatic carbocycles. The fourth-order valence-corrected chi connectivity index (χ4v) is 2.56. The van der Waals surface area contributed by atoms with Gasteiger partial charge in [-0.25, -0.2) is 8.78 Å². The van der Waals surface area contributed by atoms with Crippen LogP contribution in [0.4, 0.5) is 22.0 Å². The van der Waals surface area contributed by atoms with E-state index in [9.17, 15) is 26.7 Å². The molecule has 3 unspecified atom stereocenters. The zero-order valence-corrected chi connectivity index (χ0v) is 12.7. The van der Waals surface area contributed by atoms with Gasteiger partial charge in [-0.15, -0.1) is 0 Å². The average molecular weight is 336 g/mol. The van der Waals surface area contributed by atoms with Gasteiger partial charge in [-0.1, -0.05) is 31.2 Å². The van der Waals surface area contributed by atoms with E-state index in [1.807, 2.05) is 0 Å². The zero-order valence-electron chi connectivity index (χ0n) is 12.7. The molecule has 7 heteroatoms. The van der Waals surface area contributed by atoms with Crippen molar-refractivity contribution in [1.29, 1.82) is 0 Å². The lowest BCUT2D eigenvalue weighted by Gasteiger charge is -2.25. The Labute approximate surface area is 130 Å². The van der Waals surface area contributed by atoms with Crippen LogP contribution in [-0.4, -0.2) is 24.7 Å². The van der Waals surface area contributed by atoms with Crippen molar-refractivity contribution in [3.05, 3.63) is 35.4 Å². The van der Waals surface area contributed by atoms with Gasteiger partial charge in [0.05, 0.1) is 24.4 Å². The van der Waals surface area contributed by atoms with Crippen LogP contribution in [0.2, 0.25) is 0 Å². The molecular formula is C16H17F5O2. The fraction of sp³-hybridized carbons (Fsp3) is 0.562. The zero-order chi connectivity index (χ0) is 17.4. The molecule has 0 radical (unpaired) electrons. The summed E-state index contributed by atoms with van der Waals surface area (Å²) in [7, 11) is 0. The van der Waals surface area contributed by atoms with Crippen molar-refractivity contribution >= 4 is 5.97 Å². The SMILES string of the molecule is CCOC(=O)C(c1ccc(C2CC2(F)F)cc1)C(C)C(F)(F)F. The number of ether oxygens (including phenoxy) is 1. The maximum atomic E-state index is 13.0. The molecule has 23 heavy (non-hydrogen) atoms. The van der Waals surface area contributed by atoms with Crippen molar-refractivity contribution in [3.8, 4) is 0 Å². The molecule has 0 heterocycles. The lowest BCUT2D eigenvalue weighted by molar-refractivity contribution is -0.185. The number of benzene rings is 1. The Morgan fingerprint density at radius 3 is 2.22 bits per heavy atom. The molecule has 3 atom stereocenters. The number of carbonyl (C=O) groups is 1. The number of carbonyl (C=O) groups excluding carboxylic acids is 1. The molecule has 1 saturated carbocycles. The van der Waals surface area contributed by atoms with Crippen LogP contribution in [-0.2, 0) is 9.53 Å². The summed E-state index contributed by atoms with van der Waals surface area (Å²) >= 11 is 0. The third kappa shape index (κ3) is 3.82. The van der Waals surface area contributed by atoms with Crippen LogP contribution in [0.1, 0.15) is 43.2 Å². The van der Waals surface area contributed by atoms with Crippen molar-refractivity contribution < 1.29 is 31.5 Å². The van der Waals surface area contributed by atoms with Crippen LogP contribution in [0, 0.1) is 5.92 Å². The van der Waals surface area contributed by atoms with E-state index in [1.165, 1.54) is 31.2 Å². The molecule has 2 nitrogen and oxygen atoms in total. The smallest absolute Gasteiger partial charge is 0.392 e. The van der Waals surface area contributed by atoms with Gasteiger partial charge < -0.3 is 4.74 Å². The Morgan fingerprint density at radius 2 is 1.83 bits per heavy atom. The maximum absolute atomic E-state index is 13.0. The second-order valence-electron chi connectivity index (χ2n) is 5.74. The highest BCUT2D eigenvalue weighted by atomic mass is 19.4. The average Bonchev–Trinajstić information content (AvgIpc) is 3.08. The first-order valence-electron chi connectivity index (χ1n) is 7.29. The lowest BCUT2D eigenvalue weighted by Crippen LogP contribution is -2.32. The van der Waals surface area contributed by atoms with Crippen molar-refractivity contribution in [3.63, 3.8) is 0 Å². The van der Waals surface area contributed by atoms with Gasteiger partial charge in [0.15, 0.2) is 0 Å². The number of halogens is 5. The number of hydrogen-bond acceptors (Lipinski definition) is 2. The monoisotopic (exact) mass is 336 g/mol. The second-order valence-corrected chi connectivity index (χ2v) is 5.74. The standard InChI is InChI=1S/C16H17F5O2/c1-3-23-14(22)13(9(2)16(19,20)21)11-6-4-10(5-7-11)12-8-15(12,17)18/h4-7,9,12-13H,3,8H2,1-2H3. The number of alkyl halides is 5. The summed E-state index contributed by atoms with van der Waals surface area (Å²) in [4.78, 5) is 11.9. The molecule has 0 amide bonds. The summed E-state index contributed by atoms with van der Waals surface area (Å²) in [6.45, 7) is 2.38. The van der Waals surface area contributed by atoms with E-state index in [0.717, 1.165) is 6.92 Å². The van der Waals surface area contributed by atoms with Gasteiger partial charge in [0, 0.05) is 6.42 Å². The lowest BCUT2D eigenvalue weighted by atomic mass is 9.86. The van der Waals surface area contributed by atoms with Gasteiger partial charge in [0.25, 0.3) is 5.92 Å². The van der Waals surface area contributed by atoms with Crippen LogP contribution < -0.4 is 0 Å². The summed E-state index contributed by atoms with van der Waals surface area (Å²) in [6, 6.07) is 5.31. The Bertz CT molecular complexity index is 565. The van der Waals surface area contributed by atoms with E-state index in [1.54, 1.807) is 0 Å². The van der Waals surface area contributed by atoms with Crippen molar-refractivity contribution in [1.82, 2.24) is 0 Å². The predicted molar refractivity (Wildman–Crippen MR) is 73.3 cm³/mol. The van der Waals surface area contributed by atoms with E-state index in [2.05, 4.69) is 0 Å². The van der Waals surface area contributed by atoms with Crippen LogP contribution in [0.3, 0.4) is 0 Å². The molecule has 1 fully saturated rings. The topological polar surface area (TPSA) is 26.3 Å². The predicted octanol–water partition coefficient (Wildman–Crippen LogP) is 4.65. The molecule has 0 spiro atoms. The molecule has 0 bridgehead atoms. The molecule has 1 aromatic rings. The van der Waals surface area contributed by atoms with Crippen LogP contribution in [0.25, 0.3) is 0 Å². The van der Waals surface area contributed by atoms with Crippen molar-refractivity contribution in [2.24, 2.45) is 5.92 Å². The van der Waals surface area contributed by atoms with Gasteiger partial charge in [0.2, 0.25) is 0 Å². The molecule has 1 aliphatic carbocycles. The molecule has 0 aromatic heterocycles. The van der Waals surface area contributed by atoms with E-state index in [4.69, 9.17) is 4.74 Å². The molecule has 1 aliphatic rings. The Hall–Kier alpha value is -1.66.